The van der Waals surface area contributed by atoms with Crippen LogP contribution in [0.2, 0.25) is 0 Å². The van der Waals surface area contributed by atoms with E-state index in [2.05, 4.69) is 38.1 Å². The molecule has 0 bridgehead atoms. The minimum atomic E-state index is -0.0725. The number of rotatable bonds is 7. The molecule has 0 aliphatic rings. The minimum absolute atomic E-state index is 0.0725. The summed E-state index contributed by atoms with van der Waals surface area (Å²) in [4.78, 5) is 11.3. The van der Waals surface area contributed by atoms with E-state index in [0.29, 0.717) is 24.9 Å². The van der Waals surface area contributed by atoms with Gasteiger partial charge >= 0.3 is 5.97 Å². The van der Waals surface area contributed by atoms with E-state index in [9.17, 15) is 4.79 Å². The molecule has 100 valence electrons. The van der Waals surface area contributed by atoms with E-state index in [1.54, 1.807) is 0 Å². The lowest BCUT2D eigenvalue weighted by Crippen LogP contribution is -2.08. The number of ether oxygens (including phenoxy) is 1. The van der Waals surface area contributed by atoms with Gasteiger partial charge in [0.25, 0.3) is 0 Å². The Morgan fingerprint density at radius 2 is 1.89 bits per heavy atom. The van der Waals surface area contributed by atoms with Crippen molar-refractivity contribution < 1.29 is 9.53 Å². The van der Waals surface area contributed by atoms with Gasteiger partial charge in [0.1, 0.15) is 0 Å². The lowest BCUT2D eigenvalue weighted by atomic mass is 9.89. The molecule has 0 aromatic heterocycles. The summed E-state index contributed by atoms with van der Waals surface area (Å²) in [6.07, 6.45) is 2.57. The lowest BCUT2D eigenvalue weighted by Gasteiger charge is -2.17. The van der Waals surface area contributed by atoms with E-state index in [-0.39, 0.29) is 5.97 Å². The maximum Gasteiger partial charge on any atom is 0.305 e. The van der Waals surface area contributed by atoms with Crippen LogP contribution in [0.4, 0.5) is 0 Å². The number of carbonyl (C=O) groups excluding carboxylic acids is 1. The van der Waals surface area contributed by atoms with Crippen LogP contribution < -0.4 is 0 Å². The molecule has 0 fully saturated rings. The molecule has 2 atom stereocenters. The van der Waals surface area contributed by atoms with Gasteiger partial charge in [-0.25, -0.2) is 0 Å². The van der Waals surface area contributed by atoms with Crippen LogP contribution >= 0.6 is 0 Å². The molecule has 2 heteroatoms. The number of hydrogen-bond donors (Lipinski definition) is 0. The molecule has 1 aromatic carbocycles. The van der Waals surface area contributed by atoms with Crippen molar-refractivity contribution >= 4 is 5.97 Å². The fourth-order valence-electron chi connectivity index (χ4n) is 2.24. The molecule has 0 N–H and O–H groups in total. The van der Waals surface area contributed by atoms with Crippen molar-refractivity contribution in [3.05, 3.63) is 35.9 Å². The van der Waals surface area contributed by atoms with E-state index in [0.717, 1.165) is 12.8 Å². The van der Waals surface area contributed by atoms with Crippen molar-refractivity contribution in [3.63, 3.8) is 0 Å². The molecule has 18 heavy (non-hydrogen) atoms. The zero-order valence-corrected chi connectivity index (χ0v) is 11.7. The Bertz CT molecular complexity index is 345. The molecule has 0 saturated carbocycles. The van der Waals surface area contributed by atoms with Crippen LogP contribution in [0.15, 0.2) is 30.3 Å². The summed E-state index contributed by atoms with van der Waals surface area (Å²) in [5, 5.41) is 0. The van der Waals surface area contributed by atoms with Gasteiger partial charge in [-0.2, -0.15) is 0 Å². The highest BCUT2D eigenvalue weighted by Crippen LogP contribution is 2.25. The summed E-state index contributed by atoms with van der Waals surface area (Å²) >= 11 is 0. The fourth-order valence-corrected chi connectivity index (χ4v) is 2.24. The Balaban J connectivity index is 2.32. The number of carbonyl (C=O) groups is 1. The van der Waals surface area contributed by atoms with E-state index < -0.39 is 0 Å². The second-order valence-corrected chi connectivity index (χ2v) is 5.00. The summed E-state index contributed by atoms with van der Waals surface area (Å²) in [6.45, 7) is 6.78. The Kier molecular flexibility index (Phi) is 6.48. The molecule has 0 saturated heterocycles. The molecule has 1 rings (SSSR count). The molecule has 0 aliphatic heterocycles. The number of esters is 1. The number of hydrogen-bond acceptors (Lipinski definition) is 2. The largest absolute Gasteiger partial charge is 0.466 e. The maximum atomic E-state index is 11.3. The van der Waals surface area contributed by atoms with Gasteiger partial charge in [0.05, 0.1) is 6.61 Å². The third kappa shape index (κ3) is 5.35. The summed E-state index contributed by atoms with van der Waals surface area (Å²) in [6, 6.07) is 10.5. The Hall–Kier alpha value is -1.31. The smallest absolute Gasteiger partial charge is 0.305 e. The van der Waals surface area contributed by atoms with Crippen LogP contribution in [0.5, 0.6) is 0 Å². The first kappa shape index (κ1) is 14.7. The average molecular weight is 248 g/mol. The van der Waals surface area contributed by atoms with Crippen LogP contribution in [-0.2, 0) is 9.53 Å². The molecule has 0 amide bonds. The highest BCUT2D eigenvalue weighted by atomic mass is 16.5. The first-order chi connectivity index (χ1) is 8.63. The zero-order valence-electron chi connectivity index (χ0n) is 11.7. The van der Waals surface area contributed by atoms with Gasteiger partial charge in [-0.3, -0.25) is 4.79 Å². The summed E-state index contributed by atoms with van der Waals surface area (Å²) in [5.41, 5.74) is 1.38. The SMILES string of the molecule is CCOC(=O)CCC(C)CC(C)c1ccccc1. The van der Waals surface area contributed by atoms with Crippen LogP contribution in [0.25, 0.3) is 0 Å². The van der Waals surface area contributed by atoms with Crippen molar-refractivity contribution in [1.29, 1.82) is 0 Å². The van der Waals surface area contributed by atoms with Gasteiger partial charge in [-0.15, -0.1) is 0 Å². The van der Waals surface area contributed by atoms with E-state index in [1.807, 2.05) is 13.0 Å². The van der Waals surface area contributed by atoms with E-state index in [4.69, 9.17) is 4.74 Å². The first-order valence-electron chi connectivity index (χ1n) is 6.84. The first-order valence-corrected chi connectivity index (χ1v) is 6.84. The van der Waals surface area contributed by atoms with E-state index in [1.165, 1.54) is 5.56 Å². The second-order valence-electron chi connectivity index (χ2n) is 5.00. The molecule has 0 radical (unpaired) electrons. The van der Waals surface area contributed by atoms with Gasteiger partial charge in [0, 0.05) is 6.42 Å². The number of benzene rings is 1. The molecule has 0 spiro atoms. The maximum absolute atomic E-state index is 11.3. The monoisotopic (exact) mass is 248 g/mol. The van der Waals surface area contributed by atoms with Crippen LogP contribution in [0, 0.1) is 5.92 Å². The normalized spacial score (nSPS) is 13.9. The molecule has 2 nitrogen and oxygen atoms in total. The van der Waals surface area contributed by atoms with E-state index >= 15 is 0 Å². The molecular formula is C16H24O2. The topological polar surface area (TPSA) is 26.3 Å². The average Bonchev–Trinajstić information content (AvgIpc) is 2.38. The van der Waals surface area contributed by atoms with Crippen LogP contribution in [-0.4, -0.2) is 12.6 Å². The van der Waals surface area contributed by atoms with Gasteiger partial charge in [-0.1, -0.05) is 44.2 Å². The third-order valence-corrected chi connectivity index (χ3v) is 3.27. The van der Waals surface area contributed by atoms with Crippen LogP contribution in [0.1, 0.15) is 51.5 Å². The lowest BCUT2D eigenvalue weighted by molar-refractivity contribution is -0.143. The quantitative estimate of drug-likeness (QED) is 0.677. The van der Waals surface area contributed by atoms with Crippen molar-refractivity contribution in [1.82, 2.24) is 0 Å². The minimum Gasteiger partial charge on any atom is -0.466 e. The zero-order chi connectivity index (χ0) is 13.4. The molecule has 1 aromatic rings. The second kappa shape index (κ2) is 7.91. The Morgan fingerprint density at radius 3 is 2.50 bits per heavy atom. The van der Waals surface area contributed by atoms with Crippen molar-refractivity contribution in [3.8, 4) is 0 Å². The summed E-state index contributed by atoms with van der Waals surface area (Å²) in [5.74, 6) is 1.02. The molecule has 2 unspecified atom stereocenters. The Labute approximate surface area is 110 Å². The highest BCUT2D eigenvalue weighted by Gasteiger charge is 2.12. The van der Waals surface area contributed by atoms with Crippen molar-refractivity contribution in [2.75, 3.05) is 6.61 Å². The standard InChI is InChI=1S/C16H24O2/c1-4-18-16(17)11-10-13(2)12-14(3)15-8-6-5-7-9-15/h5-9,13-14H,4,10-12H2,1-3H3. The highest BCUT2D eigenvalue weighted by molar-refractivity contribution is 5.69. The van der Waals surface area contributed by atoms with Gasteiger partial charge < -0.3 is 4.74 Å². The van der Waals surface area contributed by atoms with Gasteiger partial charge in [-0.05, 0) is 37.2 Å². The molecule has 0 heterocycles. The van der Waals surface area contributed by atoms with Crippen molar-refractivity contribution in [2.45, 2.75) is 46.0 Å². The van der Waals surface area contributed by atoms with Gasteiger partial charge in [0.2, 0.25) is 0 Å². The van der Waals surface area contributed by atoms with Crippen LogP contribution in [0.3, 0.4) is 0 Å². The summed E-state index contributed by atoms with van der Waals surface area (Å²) in [7, 11) is 0. The predicted octanol–water partition coefficient (Wildman–Crippen LogP) is 4.16. The fraction of sp³-hybridized carbons (Fsp3) is 0.562. The summed E-state index contributed by atoms with van der Waals surface area (Å²) < 4.78 is 4.94. The molecular weight excluding hydrogens is 224 g/mol. The molecule has 0 aliphatic carbocycles. The van der Waals surface area contributed by atoms with Crippen molar-refractivity contribution in [2.24, 2.45) is 5.92 Å². The third-order valence-electron chi connectivity index (χ3n) is 3.27. The Morgan fingerprint density at radius 1 is 1.22 bits per heavy atom. The predicted molar refractivity (Wildman–Crippen MR) is 74.5 cm³/mol. The van der Waals surface area contributed by atoms with Gasteiger partial charge in [0.15, 0.2) is 0 Å².